The van der Waals surface area contributed by atoms with E-state index < -0.39 is 17.8 Å². The van der Waals surface area contributed by atoms with E-state index in [2.05, 4.69) is 5.32 Å². The molecule has 0 spiro atoms. The van der Waals surface area contributed by atoms with E-state index in [0.29, 0.717) is 0 Å². The number of aromatic hydroxyl groups is 1. The summed E-state index contributed by atoms with van der Waals surface area (Å²) >= 11 is 0. The predicted molar refractivity (Wildman–Crippen MR) is 76.4 cm³/mol. The summed E-state index contributed by atoms with van der Waals surface area (Å²) in [6.45, 7) is 0. The molecule has 0 saturated carbocycles. The van der Waals surface area contributed by atoms with Gasteiger partial charge in [-0.25, -0.2) is 9.59 Å². The van der Waals surface area contributed by atoms with Gasteiger partial charge in [0.15, 0.2) is 0 Å². The second-order valence-corrected chi connectivity index (χ2v) is 4.37. The summed E-state index contributed by atoms with van der Waals surface area (Å²) in [4.78, 5) is 33.6. The van der Waals surface area contributed by atoms with Crippen LogP contribution in [-0.2, 0) is 0 Å². The van der Waals surface area contributed by atoms with Gasteiger partial charge in [0.05, 0.1) is 16.8 Å². The van der Waals surface area contributed by atoms with E-state index in [1.165, 1.54) is 30.3 Å². The molecule has 2 aromatic carbocycles. The van der Waals surface area contributed by atoms with Gasteiger partial charge < -0.3 is 20.6 Å². The number of carboxylic acid groups (broad SMARTS) is 2. The molecule has 4 N–H and O–H groups in total. The van der Waals surface area contributed by atoms with Crippen LogP contribution in [0, 0.1) is 0 Å². The van der Waals surface area contributed by atoms with Crippen molar-refractivity contribution < 1.29 is 29.7 Å². The summed E-state index contributed by atoms with van der Waals surface area (Å²) in [5.74, 6) is -3.18. The van der Waals surface area contributed by atoms with E-state index in [1.54, 1.807) is 0 Å². The molecule has 0 atom stereocenters. The molecule has 7 heteroatoms. The van der Waals surface area contributed by atoms with Crippen molar-refractivity contribution in [3.8, 4) is 5.75 Å². The van der Waals surface area contributed by atoms with Crippen LogP contribution in [0.4, 0.5) is 5.69 Å². The maximum absolute atomic E-state index is 12.0. The van der Waals surface area contributed by atoms with Crippen LogP contribution in [0.1, 0.15) is 31.1 Å². The second-order valence-electron chi connectivity index (χ2n) is 4.37. The van der Waals surface area contributed by atoms with Crippen LogP contribution in [-0.4, -0.2) is 33.2 Å². The normalized spacial score (nSPS) is 10.0. The van der Waals surface area contributed by atoms with E-state index in [-0.39, 0.29) is 28.1 Å². The number of carbonyl (C=O) groups excluding carboxylic acids is 1. The Bertz CT molecular complexity index is 751. The fourth-order valence-electron chi connectivity index (χ4n) is 1.73. The third kappa shape index (κ3) is 3.21. The van der Waals surface area contributed by atoms with E-state index >= 15 is 0 Å². The van der Waals surface area contributed by atoms with Gasteiger partial charge >= 0.3 is 11.9 Å². The largest absolute Gasteiger partial charge is 0.506 e. The topological polar surface area (TPSA) is 124 Å². The van der Waals surface area contributed by atoms with Gasteiger partial charge in [-0.3, -0.25) is 4.79 Å². The molecule has 0 bridgehead atoms. The highest BCUT2D eigenvalue weighted by molar-refractivity contribution is 6.06. The van der Waals surface area contributed by atoms with Crippen molar-refractivity contribution in [1.29, 1.82) is 0 Å². The van der Waals surface area contributed by atoms with Crippen LogP contribution >= 0.6 is 0 Å². The van der Waals surface area contributed by atoms with Gasteiger partial charge in [-0.1, -0.05) is 0 Å². The van der Waals surface area contributed by atoms with Crippen LogP contribution in [0.5, 0.6) is 5.75 Å². The average molecular weight is 301 g/mol. The van der Waals surface area contributed by atoms with Crippen molar-refractivity contribution in [2.45, 2.75) is 0 Å². The number of phenolic OH excluding ortho intramolecular Hbond substituents is 1. The molecule has 0 aliphatic carbocycles. The van der Waals surface area contributed by atoms with Crippen molar-refractivity contribution >= 4 is 23.5 Å². The minimum absolute atomic E-state index is 0.0345. The summed E-state index contributed by atoms with van der Waals surface area (Å²) < 4.78 is 0. The number of benzene rings is 2. The third-order valence-electron chi connectivity index (χ3n) is 2.89. The standard InChI is InChI=1S/C15H11NO6/c17-12-6-5-10(15(21)22)7-11(12)16-13(18)8-1-3-9(4-2-8)14(19)20/h1-7,17H,(H,16,18)(H,19,20)(H,21,22). The van der Waals surface area contributed by atoms with Crippen molar-refractivity contribution in [3.05, 3.63) is 59.2 Å². The van der Waals surface area contributed by atoms with E-state index in [4.69, 9.17) is 10.2 Å². The molecular formula is C15H11NO6. The van der Waals surface area contributed by atoms with Crippen molar-refractivity contribution in [3.63, 3.8) is 0 Å². The van der Waals surface area contributed by atoms with Crippen LogP contribution < -0.4 is 5.32 Å². The minimum Gasteiger partial charge on any atom is -0.506 e. The number of amides is 1. The lowest BCUT2D eigenvalue weighted by atomic mass is 10.1. The smallest absolute Gasteiger partial charge is 0.335 e. The number of rotatable bonds is 4. The number of phenols is 1. The summed E-state index contributed by atoms with van der Waals surface area (Å²) in [7, 11) is 0. The zero-order chi connectivity index (χ0) is 16.3. The lowest BCUT2D eigenvalue weighted by Gasteiger charge is -2.08. The number of aromatic carboxylic acids is 2. The van der Waals surface area contributed by atoms with Crippen molar-refractivity contribution in [1.82, 2.24) is 0 Å². The molecule has 22 heavy (non-hydrogen) atoms. The molecule has 0 aliphatic heterocycles. The first-order chi connectivity index (χ1) is 10.4. The number of anilines is 1. The van der Waals surface area contributed by atoms with Crippen LogP contribution in [0.3, 0.4) is 0 Å². The summed E-state index contributed by atoms with van der Waals surface area (Å²) in [6.07, 6.45) is 0. The number of carbonyl (C=O) groups is 3. The van der Waals surface area contributed by atoms with Crippen LogP contribution in [0.25, 0.3) is 0 Å². The lowest BCUT2D eigenvalue weighted by Crippen LogP contribution is -2.13. The summed E-state index contributed by atoms with van der Waals surface area (Å²) in [6, 6.07) is 8.66. The second kappa shape index (κ2) is 5.96. The van der Waals surface area contributed by atoms with Gasteiger partial charge in [0.2, 0.25) is 0 Å². The molecule has 0 saturated heterocycles. The number of hydrogen-bond acceptors (Lipinski definition) is 4. The number of hydrogen-bond donors (Lipinski definition) is 4. The van der Waals surface area contributed by atoms with Gasteiger partial charge in [-0.2, -0.15) is 0 Å². The molecule has 0 aliphatic rings. The number of nitrogens with one attached hydrogen (secondary N) is 1. The molecule has 0 fully saturated rings. The quantitative estimate of drug-likeness (QED) is 0.641. The Hall–Kier alpha value is -3.35. The summed E-state index contributed by atoms with van der Waals surface area (Å²) in [5.41, 5.74) is 0.0685. The molecule has 7 nitrogen and oxygen atoms in total. The Kier molecular flexibility index (Phi) is 4.08. The average Bonchev–Trinajstić information content (AvgIpc) is 2.49. The lowest BCUT2D eigenvalue weighted by molar-refractivity contribution is 0.0686. The first-order valence-corrected chi connectivity index (χ1v) is 6.09. The first kappa shape index (κ1) is 15.0. The Morgan fingerprint density at radius 3 is 1.82 bits per heavy atom. The molecule has 0 aromatic heterocycles. The molecule has 0 radical (unpaired) electrons. The summed E-state index contributed by atoms with van der Waals surface area (Å²) in [5, 5.41) is 29.7. The Balaban J connectivity index is 2.23. The zero-order valence-electron chi connectivity index (χ0n) is 11.1. The highest BCUT2D eigenvalue weighted by Gasteiger charge is 2.12. The SMILES string of the molecule is O=C(O)c1ccc(C(=O)Nc2cc(C(=O)O)ccc2O)cc1. The highest BCUT2D eigenvalue weighted by atomic mass is 16.4. The Morgan fingerprint density at radius 1 is 0.773 bits per heavy atom. The van der Waals surface area contributed by atoms with Crippen molar-refractivity contribution in [2.24, 2.45) is 0 Å². The van der Waals surface area contributed by atoms with E-state index in [9.17, 15) is 19.5 Å². The molecule has 2 aromatic rings. The van der Waals surface area contributed by atoms with Gasteiger partial charge in [-0.05, 0) is 42.5 Å². The molecule has 112 valence electrons. The Labute approximate surface area is 124 Å². The van der Waals surface area contributed by atoms with Gasteiger partial charge in [0.1, 0.15) is 5.75 Å². The van der Waals surface area contributed by atoms with Crippen molar-refractivity contribution in [2.75, 3.05) is 5.32 Å². The maximum atomic E-state index is 12.0. The Morgan fingerprint density at radius 2 is 1.27 bits per heavy atom. The fourth-order valence-corrected chi connectivity index (χ4v) is 1.73. The monoisotopic (exact) mass is 301 g/mol. The third-order valence-corrected chi connectivity index (χ3v) is 2.89. The fraction of sp³-hybridized carbons (Fsp3) is 0. The molecule has 1 amide bonds. The predicted octanol–water partition coefficient (Wildman–Crippen LogP) is 2.04. The van der Waals surface area contributed by atoms with Crippen LogP contribution in [0.2, 0.25) is 0 Å². The minimum atomic E-state index is -1.19. The van der Waals surface area contributed by atoms with Gasteiger partial charge in [0.25, 0.3) is 5.91 Å². The van der Waals surface area contributed by atoms with Gasteiger partial charge in [0, 0.05) is 5.56 Å². The molecule has 2 rings (SSSR count). The van der Waals surface area contributed by atoms with Crippen LogP contribution in [0.15, 0.2) is 42.5 Å². The molecule has 0 heterocycles. The zero-order valence-corrected chi connectivity index (χ0v) is 11.1. The molecular weight excluding hydrogens is 290 g/mol. The van der Waals surface area contributed by atoms with Gasteiger partial charge in [-0.15, -0.1) is 0 Å². The highest BCUT2D eigenvalue weighted by Crippen LogP contribution is 2.25. The first-order valence-electron chi connectivity index (χ1n) is 6.09. The molecule has 0 unspecified atom stereocenters. The van der Waals surface area contributed by atoms with E-state index in [1.807, 2.05) is 0 Å². The number of carboxylic acids is 2. The van der Waals surface area contributed by atoms with E-state index in [0.717, 1.165) is 12.1 Å². The maximum Gasteiger partial charge on any atom is 0.335 e.